The van der Waals surface area contributed by atoms with Gasteiger partial charge in [-0.1, -0.05) is 17.7 Å². The monoisotopic (exact) mass is 397 g/mol. The molecule has 29 heavy (non-hydrogen) atoms. The lowest BCUT2D eigenvalue weighted by molar-refractivity contribution is -0.133. The van der Waals surface area contributed by atoms with Crippen LogP contribution in [-0.4, -0.2) is 55.2 Å². The molecule has 0 aromatic rings. The third kappa shape index (κ3) is 2.48. The van der Waals surface area contributed by atoms with E-state index in [1.165, 1.54) is 30.5 Å². The minimum Gasteiger partial charge on any atom is -0.377 e. The topological polar surface area (TPSA) is 70.7 Å². The fraction of sp³-hybridized carbons (Fsp3) is 0.739. The molecule has 0 radical (unpaired) electrons. The number of hydrogen-bond donors (Lipinski definition) is 2. The molecular weight excluding hydrogens is 366 g/mol. The first-order valence-corrected chi connectivity index (χ1v) is 11.3. The molecule has 156 valence electrons. The van der Waals surface area contributed by atoms with Crippen molar-refractivity contribution in [1.29, 1.82) is 0 Å². The summed E-state index contributed by atoms with van der Waals surface area (Å²) in [6, 6.07) is -0.324. The lowest BCUT2D eigenvalue weighted by Crippen LogP contribution is -2.64. The second-order valence-electron chi connectivity index (χ2n) is 10.5. The molecule has 1 unspecified atom stereocenters. The van der Waals surface area contributed by atoms with E-state index in [2.05, 4.69) is 27.7 Å². The van der Waals surface area contributed by atoms with Crippen LogP contribution < -0.4 is 10.6 Å². The average Bonchev–Trinajstić information content (AvgIpc) is 3.41. The highest BCUT2D eigenvalue weighted by Gasteiger charge is 2.68. The lowest BCUT2D eigenvalue weighted by atomic mass is 9.48. The molecule has 6 rings (SSSR count). The molecular formula is C23H31N3O3. The quantitative estimate of drug-likeness (QED) is 0.718. The highest BCUT2D eigenvalue weighted by Crippen LogP contribution is 2.70. The predicted octanol–water partition coefficient (Wildman–Crippen LogP) is 2.51. The molecule has 6 heteroatoms. The van der Waals surface area contributed by atoms with Gasteiger partial charge in [-0.3, -0.25) is 10.1 Å². The molecule has 3 amide bonds. The fourth-order valence-corrected chi connectivity index (χ4v) is 7.38. The number of hydrogen-bond acceptors (Lipinski definition) is 4. The van der Waals surface area contributed by atoms with Gasteiger partial charge in [-0.15, -0.1) is 0 Å². The SMILES string of the molecule is COC1C=CC2=C(C1)[C@]13CCN(CC4CC4)C[C@]1(CC[C@@]1(C3)NC(=O)NC1=O)C2. The molecule has 4 atom stereocenters. The highest BCUT2D eigenvalue weighted by atomic mass is 16.5. The maximum Gasteiger partial charge on any atom is 0.322 e. The van der Waals surface area contributed by atoms with Gasteiger partial charge in [0.1, 0.15) is 5.54 Å². The molecule has 2 N–H and O–H groups in total. The van der Waals surface area contributed by atoms with Gasteiger partial charge >= 0.3 is 6.03 Å². The molecule has 2 aliphatic heterocycles. The van der Waals surface area contributed by atoms with Crippen LogP contribution in [0.5, 0.6) is 0 Å². The van der Waals surface area contributed by atoms with E-state index in [1.807, 2.05) is 0 Å². The molecule has 4 fully saturated rings. The summed E-state index contributed by atoms with van der Waals surface area (Å²) in [5.41, 5.74) is 2.46. The van der Waals surface area contributed by atoms with Crippen molar-refractivity contribution < 1.29 is 14.3 Å². The molecule has 0 bridgehead atoms. The van der Waals surface area contributed by atoms with E-state index in [4.69, 9.17) is 4.74 Å². The Morgan fingerprint density at radius 2 is 2.10 bits per heavy atom. The summed E-state index contributed by atoms with van der Waals surface area (Å²) in [5, 5.41) is 5.57. The van der Waals surface area contributed by atoms with Gasteiger partial charge < -0.3 is 15.0 Å². The molecule has 4 aliphatic carbocycles. The van der Waals surface area contributed by atoms with E-state index in [9.17, 15) is 9.59 Å². The van der Waals surface area contributed by atoms with Crippen molar-refractivity contribution >= 4 is 11.9 Å². The molecule has 6 aliphatic rings. The van der Waals surface area contributed by atoms with Crippen LogP contribution in [0.1, 0.15) is 51.4 Å². The number of piperidine rings is 1. The van der Waals surface area contributed by atoms with Gasteiger partial charge in [-0.05, 0) is 74.8 Å². The summed E-state index contributed by atoms with van der Waals surface area (Å²) in [4.78, 5) is 27.6. The van der Waals surface area contributed by atoms with Crippen molar-refractivity contribution in [3.8, 4) is 0 Å². The number of methoxy groups -OCH3 is 1. The zero-order valence-electron chi connectivity index (χ0n) is 17.3. The number of likely N-dealkylation sites (tertiary alicyclic amines) is 1. The van der Waals surface area contributed by atoms with Gasteiger partial charge in [0.05, 0.1) is 6.10 Å². The van der Waals surface area contributed by atoms with E-state index in [0.29, 0.717) is 0 Å². The van der Waals surface area contributed by atoms with Gasteiger partial charge in [0, 0.05) is 25.6 Å². The van der Waals surface area contributed by atoms with Gasteiger partial charge in [0.2, 0.25) is 0 Å². The minimum atomic E-state index is -0.731. The van der Waals surface area contributed by atoms with Crippen LogP contribution in [0, 0.1) is 16.7 Å². The van der Waals surface area contributed by atoms with Crippen LogP contribution >= 0.6 is 0 Å². The molecule has 2 heterocycles. The van der Waals surface area contributed by atoms with Gasteiger partial charge in [-0.2, -0.15) is 0 Å². The number of nitrogens with one attached hydrogen (secondary N) is 2. The van der Waals surface area contributed by atoms with Crippen molar-refractivity contribution in [1.82, 2.24) is 15.5 Å². The van der Waals surface area contributed by atoms with E-state index in [-0.39, 0.29) is 28.9 Å². The number of urea groups is 1. The van der Waals surface area contributed by atoms with Gasteiger partial charge in [0.15, 0.2) is 0 Å². The lowest BCUT2D eigenvalue weighted by Gasteiger charge is -2.60. The van der Waals surface area contributed by atoms with E-state index >= 15 is 0 Å². The van der Waals surface area contributed by atoms with Crippen LogP contribution in [0.25, 0.3) is 0 Å². The van der Waals surface area contributed by atoms with Crippen molar-refractivity contribution in [3.05, 3.63) is 23.3 Å². The summed E-state index contributed by atoms with van der Waals surface area (Å²) in [6.45, 7) is 3.47. The second-order valence-corrected chi connectivity index (χ2v) is 10.5. The Morgan fingerprint density at radius 3 is 2.83 bits per heavy atom. The summed E-state index contributed by atoms with van der Waals surface area (Å²) in [6.07, 6.45) is 13.0. The van der Waals surface area contributed by atoms with Gasteiger partial charge in [-0.25, -0.2) is 4.79 Å². The van der Waals surface area contributed by atoms with Crippen LogP contribution in [0.15, 0.2) is 23.3 Å². The van der Waals surface area contributed by atoms with Crippen LogP contribution in [0.2, 0.25) is 0 Å². The summed E-state index contributed by atoms with van der Waals surface area (Å²) < 4.78 is 5.71. The Kier molecular flexibility index (Phi) is 3.72. The number of imide groups is 1. The average molecular weight is 398 g/mol. The van der Waals surface area contributed by atoms with Crippen molar-refractivity contribution in [3.63, 3.8) is 0 Å². The predicted molar refractivity (Wildman–Crippen MR) is 108 cm³/mol. The van der Waals surface area contributed by atoms with Crippen molar-refractivity contribution in [2.45, 2.75) is 63.0 Å². The third-order valence-corrected chi connectivity index (χ3v) is 8.97. The molecule has 2 saturated carbocycles. The second kappa shape index (κ2) is 5.94. The zero-order chi connectivity index (χ0) is 19.9. The fourth-order valence-electron chi connectivity index (χ4n) is 7.38. The van der Waals surface area contributed by atoms with Crippen molar-refractivity contribution in [2.24, 2.45) is 16.7 Å². The highest BCUT2D eigenvalue weighted by molar-refractivity contribution is 6.07. The van der Waals surface area contributed by atoms with Crippen LogP contribution in [-0.2, 0) is 9.53 Å². The Bertz CT molecular complexity index is 846. The first kappa shape index (κ1) is 18.1. The Hall–Kier alpha value is -1.66. The number of carbonyl (C=O) groups is 2. The number of carbonyl (C=O) groups excluding carboxylic acids is 2. The number of amides is 3. The van der Waals surface area contributed by atoms with E-state index < -0.39 is 5.54 Å². The van der Waals surface area contributed by atoms with Gasteiger partial charge in [0.25, 0.3) is 5.91 Å². The Labute approximate surface area is 172 Å². The number of ether oxygens (including phenoxy) is 1. The van der Waals surface area contributed by atoms with Crippen LogP contribution in [0.3, 0.4) is 0 Å². The molecule has 0 aromatic heterocycles. The molecule has 1 spiro atoms. The van der Waals surface area contributed by atoms with E-state index in [1.54, 1.807) is 7.11 Å². The normalized spacial score (nSPS) is 43.8. The largest absolute Gasteiger partial charge is 0.377 e. The first-order valence-electron chi connectivity index (χ1n) is 11.3. The number of nitrogens with zero attached hydrogens (tertiary/aromatic N) is 1. The molecule has 2 saturated heterocycles. The van der Waals surface area contributed by atoms with E-state index in [0.717, 1.165) is 57.5 Å². The standard InChI is InChI=1S/C23H31N3O3/c1-29-17-5-4-16-11-21-6-7-23(19(27)24-20(28)25-23)13-22(21,18(16)10-17)8-9-26(14-21)12-15-2-3-15/h4-5,15,17H,2-3,6-14H2,1H3,(H2,24,25,27,28)/t17?,21-,22+,23-/m0/s1. The van der Waals surface area contributed by atoms with Crippen LogP contribution in [0.4, 0.5) is 4.79 Å². The third-order valence-electron chi connectivity index (χ3n) is 8.97. The van der Waals surface area contributed by atoms with Crippen molar-refractivity contribution in [2.75, 3.05) is 26.7 Å². The zero-order valence-corrected chi connectivity index (χ0v) is 17.3. The minimum absolute atomic E-state index is 0.00284. The maximum atomic E-state index is 12.9. The summed E-state index contributed by atoms with van der Waals surface area (Å²) in [7, 11) is 1.78. The molecule has 6 nitrogen and oxygen atoms in total. The molecule has 0 aromatic carbocycles. The smallest absolute Gasteiger partial charge is 0.322 e. The summed E-state index contributed by atoms with van der Waals surface area (Å²) in [5.74, 6) is 0.782. The summed E-state index contributed by atoms with van der Waals surface area (Å²) >= 11 is 0. The maximum absolute atomic E-state index is 12.9. The Morgan fingerprint density at radius 1 is 1.24 bits per heavy atom. The first-order chi connectivity index (χ1) is 14.0. The number of allylic oxidation sites excluding steroid dienone is 2. The Balaban J connectivity index is 1.40. The number of rotatable bonds is 3.